The number of methoxy groups -OCH3 is 1. The number of carbonyl (C=O) groups is 2. The van der Waals surface area contributed by atoms with Gasteiger partial charge >= 0.3 is 5.97 Å². The Bertz CT molecular complexity index is 525. The quantitative estimate of drug-likeness (QED) is 0.756. The van der Waals surface area contributed by atoms with Crippen LogP contribution in [0.3, 0.4) is 0 Å². The number of carboxylic acid groups (broad SMARTS) is 1. The van der Waals surface area contributed by atoms with Crippen molar-refractivity contribution < 1.29 is 24.2 Å². The van der Waals surface area contributed by atoms with Gasteiger partial charge < -0.3 is 19.9 Å². The number of benzene rings is 1. The van der Waals surface area contributed by atoms with Gasteiger partial charge in [-0.15, -0.1) is 0 Å². The van der Waals surface area contributed by atoms with Gasteiger partial charge in [0.15, 0.2) is 12.1 Å². The third-order valence-corrected chi connectivity index (χ3v) is 3.37. The maximum atomic E-state index is 11.9. The first-order valence-electron chi connectivity index (χ1n) is 5.99. The molecule has 1 aromatic carbocycles. The fraction of sp³-hybridized carbons (Fsp3) is 0.385. The van der Waals surface area contributed by atoms with E-state index in [-0.39, 0.29) is 6.61 Å². The summed E-state index contributed by atoms with van der Waals surface area (Å²) in [6.07, 6.45) is -0.874. The van der Waals surface area contributed by atoms with Crippen LogP contribution in [0, 0.1) is 0 Å². The molecule has 2 N–H and O–H groups in total. The second kappa shape index (κ2) is 8.21. The zero-order chi connectivity index (χ0) is 16.0. The van der Waals surface area contributed by atoms with Crippen molar-refractivity contribution in [2.24, 2.45) is 0 Å². The molecule has 0 fully saturated rings. The molecule has 2 unspecified atom stereocenters. The van der Waals surface area contributed by atoms with Gasteiger partial charge in [0.1, 0.15) is 5.75 Å². The van der Waals surface area contributed by atoms with Crippen LogP contribution < -0.4 is 10.1 Å². The SMILES string of the molecule is COCC(NC(=O)C(C)Oc1ccc(Cl)cc1Br)C(=O)O. The molecule has 21 heavy (non-hydrogen) atoms. The van der Waals surface area contributed by atoms with Crippen molar-refractivity contribution in [1.29, 1.82) is 0 Å². The highest BCUT2D eigenvalue weighted by Gasteiger charge is 2.24. The summed E-state index contributed by atoms with van der Waals surface area (Å²) in [6, 6.07) is 3.74. The maximum absolute atomic E-state index is 11.9. The Morgan fingerprint density at radius 3 is 2.67 bits per heavy atom. The fourth-order valence-electron chi connectivity index (χ4n) is 1.45. The minimum absolute atomic E-state index is 0.127. The third-order valence-electron chi connectivity index (χ3n) is 2.51. The molecule has 8 heteroatoms. The van der Waals surface area contributed by atoms with Gasteiger partial charge in [0.2, 0.25) is 0 Å². The largest absolute Gasteiger partial charge is 0.480 e. The molecule has 0 aliphatic rings. The standard InChI is InChI=1S/C13H15BrClNO5/c1-7(12(17)16-10(6-20-2)13(18)19)21-11-4-3-8(15)5-9(11)14/h3-5,7,10H,6H2,1-2H3,(H,16,17)(H,18,19). The third kappa shape index (κ3) is 5.53. The molecule has 0 radical (unpaired) electrons. The van der Waals surface area contributed by atoms with E-state index in [0.29, 0.717) is 15.2 Å². The number of hydrogen-bond acceptors (Lipinski definition) is 4. The Morgan fingerprint density at radius 2 is 2.14 bits per heavy atom. The first kappa shape index (κ1) is 17.7. The van der Waals surface area contributed by atoms with Crippen molar-refractivity contribution in [3.63, 3.8) is 0 Å². The number of ether oxygens (including phenoxy) is 2. The molecular formula is C13H15BrClNO5. The van der Waals surface area contributed by atoms with Crippen molar-refractivity contribution in [3.05, 3.63) is 27.7 Å². The van der Waals surface area contributed by atoms with E-state index in [9.17, 15) is 9.59 Å². The molecule has 0 aromatic heterocycles. The van der Waals surface area contributed by atoms with Crippen LogP contribution in [0.15, 0.2) is 22.7 Å². The van der Waals surface area contributed by atoms with E-state index >= 15 is 0 Å². The average molecular weight is 381 g/mol. The van der Waals surface area contributed by atoms with Crippen molar-refractivity contribution in [2.45, 2.75) is 19.1 Å². The molecule has 0 saturated heterocycles. The molecule has 1 rings (SSSR count). The number of halogens is 2. The minimum atomic E-state index is -1.18. The van der Waals surface area contributed by atoms with E-state index in [0.717, 1.165) is 0 Å². The molecule has 0 spiro atoms. The first-order chi connectivity index (χ1) is 9.85. The van der Waals surface area contributed by atoms with Crippen molar-refractivity contribution in [2.75, 3.05) is 13.7 Å². The summed E-state index contributed by atoms with van der Waals surface area (Å²) in [4.78, 5) is 22.9. The van der Waals surface area contributed by atoms with Gasteiger partial charge in [-0.2, -0.15) is 0 Å². The van der Waals surface area contributed by atoms with E-state index in [1.54, 1.807) is 18.2 Å². The van der Waals surface area contributed by atoms with Crippen molar-refractivity contribution in [1.82, 2.24) is 5.32 Å². The van der Waals surface area contributed by atoms with Crippen LogP contribution in [0.2, 0.25) is 5.02 Å². The van der Waals surface area contributed by atoms with Gasteiger partial charge in [-0.3, -0.25) is 4.79 Å². The maximum Gasteiger partial charge on any atom is 0.328 e. The monoisotopic (exact) mass is 379 g/mol. The summed E-state index contributed by atoms with van der Waals surface area (Å²) >= 11 is 9.08. The Morgan fingerprint density at radius 1 is 1.48 bits per heavy atom. The number of aliphatic carboxylic acids is 1. The van der Waals surface area contributed by atoms with E-state index in [1.165, 1.54) is 14.0 Å². The molecule has 1 aromatic rings. The zero-order valence-electron chi connectivity index (χ0n) is 11.4. The molecule has 6 nitrogen and oxygen atoms in total. The van der Waals surface area contributed by atoms with E-state index in [2.05, 4.69) is 21.2 Å². The minimum Gasteiger partial charge on any atom is -0.480 e. The molecule has 0 bridgehead atoms. The Hall–Kier alpha value is -1.31. The molecule has 0 heterocycles. The summed E-state index contributed by atoms with van der Waals surface area (Å²) in [7, 11) is 1.35. The van der Waals surface area contributed by atoms with Crippen molar-refractivity contribution in [3.8, 4) is 5.75 Å². The molecule has 0 aliphatic heterocycles. The molecule has 0 aliphatic carbocycles. The summed E-state index contributed by atoms with van der Waals surface area (Å²) in [6.45, 7) is 1.39. The van der Waals surface area contributed by atoms with Crippen LogP contribution in [0.1, 0.15) is 6.92 Å². The van der Waals surface area contributed by atoms with Crippen molar-refractivity contribution >= 4 is 39.4 Å². The number of amides is 1. The highest BCUT2D eigenvalue weighted by Crippen LogP contribution is 2.28. The number of carbonyl (C=O) groups excluding carboxylic acids is 1. The number of hydrogen-bond donors (Lipinski definition) is 2. The predicted molar refractivity (Wildman–Crippen MR) is 80.7 cm³/mol. The van der Waals surface area contributed by atoms with Crippen LogP contribution in [0.4, 0.5) is 0 Å². The van der Waals surface area contributed by atoms with Crippen LogP contribution in [-0.4, -0.2) is 42.8 Å². The lowest BCUT2D eigenvalue weighted by atomic mass is 10.2. The predicted octanol–water partition coefficient (Wildman–Crippen LogP) is 2.09. The van der Waals surface area contributed by atoms with Crippen LogP contribution in [0.5, 0.6) is 5.75 Å². The van der Waals surface area contributed by atoms with Crippen LogP contribution in [-0.2, 0) is 14.3 Å². The molecule has 116 valence electrons. The number of nitrogens with one attached hydrogen (secondary N) is 1. The molecule has 0 saturated carbocycles. The highest BCUT2D eigenvalue weighted by molar-refractivity contribution is 9.10. The normalized spacial score (nSPS) is 13.3. The second-order valence-electron chi connectivity index (χ2n) is 4.19. The summed E-state index contributed by atoms with van der Waals surface area (Å²) in [5.41, 5.74) is 0. The number of carboxylic acids is 1. The Labute approximate surface area is 135 Å². The molecule has 2 atom stereocenters. The van der Waals surface area contributed by atoms with Gasteiger partial charge in [-0.25, -0.2) is 4.79 Å². The summed E-state index contributed by atoms with van der Waals surface area (Å²) in [5.74, 6) is -1.30. The van der Waals surface area contributed by atoms with Crippen LogP contribution in [0.25, 0.3) is 0 Å². The summed E-state index contributed by atoms with van der Waals surface area (Å²) in [5, 5.41) is 11.8. The lowest BCUT2D eigenvalue weighted by molar-refractivity contribution is -0.144. The Kier molecular flexibility index (Phi) is 6.94. The molecular weight excluding hydrogens is 366 g/mol. The van der Waals surface area contributed by atoms with Gasteiger partial charge in [-0.05, 0) is 41.1 Å². The van der Waals surface area contributed by atoms with Gasteiger partial charge in [0.25, 0.3) is 5.91 Å². The highest BCUT2D eigenvalue weighted by atomic mass is 79.9. The van der Waals surface area contributed by atoms with Crippen LogP contribution >= 0.6 is 27.5 Å². The number of rotatable bonds is 7. The van der Waals surface area contributed by atoms with E-state index in [1.807, 2.05) is 0 Å². The Balaban J connectivity index is 2.67. The van der Waals surface area contributed by atoms with E-state index in [4.69, 9.17) is 26.2 Å². The summed E-state index contributed by atoms with van der Waals surface area (Å²) < 4.78 is 10.8. The van der Waals surface area contributed by atoms with E-state index < -0.39 is 24.0 Å². The molecule has 1 amide bonds. The van der Waals surface area contributed by atoms with Gasteiger partial charge in [0, 0.05) is 12.1 Å². The van der Waals surface area contributed by atoms with Gasteiger partial charge in [-0.1, -0.05) is 11.6 Å². The smallest absolute Gasteiger partial charge is 0.328 e. The van der Waals surface area contributed by atoms with Gasteiger partial charge in [0.05, 0.1) is 11.1 Å². The zero-order valence-corrected chi connectivity index (χ0v) is 13.8. The first-order valence-corrected chi connectivity index (χ1v) is 7.16. The fourth-order valence-corrected chi connectivity index (χ4v) is 2.22. The second-order valence-corrected chi connectivity index (χ2v) is 5.48. The lowest BCUT2D eigenvalue weighted by Crippen LogP contribution is -2.48. The lowest BCUT2D eigenvalue weighted by Gasteiger charge is -2.19. The average Bonchev–Trinajstić information content (AvgIpc) is 2.41. The topological polar surface area (TPSA) is 84.9 Å².